The highest BCUT2D eigenvalue weighted by molar-refractivity contribution is 6.74. The van der Waals surface area contributed by atoms with E-state index in [0.717, 1.165) is 5.57 Å². The Morgan fingerprint density at radius 1 is 1.26 bits per heavy atom. The van der Waals surface area contributed by atoms with E-state index in [1.165, 1.54) is 4.90 Å². The molecule has 0 saturated carbocycles. The van der Waals surface area contributed by atoms with Crippen molar-refractivity contribution in [3.05, 3.63) is 12.2 Å². The lowest BCUT2D eigenvalue weighted by molar-refractivity contribution is -0.128. The van der Waals surface area contributed by atoms with E-state index < -0.39 is 26.1 Å². The zero-order valence-electron chi connectivity index (χ0n) is 18.1. The molecular formula is C20H36ClNO4Si. The Bertz CT molecular complexity index is 578. The van der Waals surface area contributed by atoms with Gasteiger partial charge >= 0.3 is 6.09 Å². The summed E-state index contributed by atoms with van der Waals surface area (Å²) in [6.45, 7) is 20.6. The zero-order chi connectivity index (χ0) is 21.2. The Morgan fingerprint density at radius 2 is 1.81 bits per heavy atom. The van der Waals surface area contributed by atoms with Crippen LogP contribution in [0.25, 0.3) is 0 Å². The molecule has 0 aromatic carbocycles. The monoisotopic (exact) mass is 417 g/mol. The van der Waals surface area contributed by atoms with Crippen molar-refractivity contribution in [2.75, 3.05) is 12.5 Å². The molecular weight excluding hydrogens is 382 g/mol. The molecule has 156 valence electrons. The first-order chi connectivity index (χ1) is 12.1. The molecule has 0 spiro atoms. The summed E-state index contributed by atoms with van der Waals surface area (Å²) in [4.78, 5) is 26.6. The minimum Gasteiger partial charge on any atom is -0.443 e. The van der Waals surface area contributed by atoms with Gasteiger partial charge in [0.2, 0.25) is 5.91 Å². The molecule has 7 heteroatoms. The summed E-state index contributed by atoms with van der Waals surface area (Å²) < 4.78 is 11.8. The lowest BCUT2D eigenvalue weighted by Gasteiger charge is -2.38. The maximum absolute atomic E-state index is 12.7. The number of carbonyl (C=O) groups is 2. The number of hydrogen-bond donors (Lipinski definition) is 0. The van der Waals surface area contributed by atoms with Crippen LogP contribution < -0.4 is 0 Å². The minimum atomic E-state index is -2.03. The predicted octanol–water partition coefficient (Wildman–Crippen LogP) is 5.35. The molecule has 0 unspecified atom stereocenters. The van der Waals surface area contributed by atoms with E-state index in [-0.39, 0.29) is 23.3 Å². The van der Waals surface area contributed by atoms with Crippen LogP contribution in [0.3, 0.4) is 0 Å². The maximum atomic E-state index is 12.7. The summed E-state index contributed by atoms with van der Waals surface area (Å²) in [5.41, 5.74) is 0.209. The molecule has 2 atom stereocenters. The van der Waals surface area contributed by atoms with Crippen LogP contribution in [-0.2, 0) is 14.0 Å². The predicted molar refractivity (Wildman–Crippen MR) is 113 cm³/mol. The summed E-state index contributed by atoms with van der Waals surface area (Å²) in [6, 6.07) is -0.405. The van der Waals surface area contributed by atoms with Gasteiger partial charge in [0.05, 0.1) is 12.6 Å². The van der Waals surface area contributed by atoms with Crippen molar-refractivity contribution < 1.29 is 18.8 Å². The highest BCUT2D eigenvalue weighted by Gasteiger charge is 2.47. The van der Waals surface area contributed by atoms with Crippen LogP contribution in [0, 0.1) is 5.92 Å². The maximum Gasteiger partial charge on any atom is 0.417 e. The van der Waals surface area contributed by atoms with Gasteiger partial charge in [0.15, 0.2) is 8.32 Å². The van der Waals surface area contributed by atoms with Crippen molar-refractivity contribution in [2.24, 2.45) is 5.92 Å². The number of ether oxygens (including phenoxy) is 1. The van der Waals surface area contributed by atoms with Crippen LogP contribution >= 0.6 is 11.6 Å². The van der Waals surface area contributed by atoms with Crippen LogP contribution in [0.4, 0.5) is 4.79 Å². The van der Waals surface area contributed by atoms with E-state index in [1.807, 2.05) is 0 Å². The average molecular weight is 418 g/mol. The molecule has 5 nitrogen and oxygen atoms in total. The van der Waals surface area contributed by atoms with Gasteiger partial charge in [0.25, 0.3) is 0 Å². The fourth-order valence-electron chi connectivity index (χ4n) is 2.76. The van der Waals surface area contributed by atoms with E-state index >= 15 is 0 Å². The van der Waals surface area contributed by atoms with Crippen LogP contribution in [0.5, 0.6) is 0 Å². The number of halogens is 1. The molecule has 0 radical (unpaired) electrons. The van der Waals surface area contributed by atoms with Gasteiger partial charge in [-0.15, -0.1) is 11.6 Å². The van der Waals surface area contributed by atoms with Gasteiger partial charge in [0.1, 0.15) is 5.60 Å². The molecule has 0 aromatic rings. The Kier molecular flexibility index (Phi) is 7.76. The Morgan fingerprint density at radius 3 is 2.26 bits per heavy atom. The van der Waals surface area contributed by atoms with Crippen LogP contribution in [0.15, 0.2) is 12.2 Å². The van der Waals surface area contributed by atoms with Gasteiger partial charge in [-0.25, -0.2) is 9.69 Å². The molecule has 0 aromatic heterocycles. The summed E-state index contributed by atoms with van der Waals surface area (Å²) in [5.74, 6) is 0.0357. The third-order valence-electron chi connectivity index (χ3n) is 5.41. The van der Waals surface area contributed by atoms with E-state index in [2.05, 4.69) is 40.4 Å². The Hall–Kier alpha value is -0.853. The molecule has 1 aliphatic heterocycles. The normalized spacial score (nSPS) is 21.5. The van der Waals surface area contributed by atoms with Crippen molar-refractivity contribution in [3.63, 3.8) is 0 Å². The van der Waals surface area contributed by atoms with Gasteiger partial charge in [-0.2, -0.15) is 0 Å². The van der Waals surface area contributed by atoms with Crippen LogP contribution in [0.1, 0.15) is 54.4 Å². The van der Waals surface area contributed by atoms with Crippen LogP contribution in [0.2, 0.25) is 18.1 Å². The van der Waals surface area contributed by atoms with Gasteiger partial charge in [-0.05, 0) is 45.3 Å². The summed E-state index contributed by atoms with van der Waals surface area (Å²) >= 11 is 5.88. The second kappa shape index (κ2) is 8.66. The fourth-order valence-corrected chi connectivity index (χ4v) is 4.02. The molecule has 1 rings (SSSR count). The average Bonchev–Trinajstić information content (AvgIpc) is 2.79. The second-order valence-electron chi connectivity index (χ2n) is 9.79. The van der Waals surface area contributed by atoms with Crippen molar-refractivity contribution in [1.29, 1.82) is 0 Å². The van der Waals surface area contributed by atoms with E-state index in [4.69, 9.17) is 20.8 Å². The highest BCUT2D eigenvalue weighted by Crippen LogP contribution is 2.39. The number of alkyl halides is 1. The number of rotatable bonds is 6. The van der Waals surface area contributed by atoms with Crippen molar-refractivity contribution in [2.45, 2.75) is 84.2 Å². The summed E-state index contributed by atoms with van der Waals surface area (Å²) in [5, 5.41) is 0.0367. The third kappa shape index (κ3) is 6.33. The SMILES string of the molecule is C=C(CCCl)[C@H]1CC(=O)N(C(=O)OC(C)(C)C)[C@@H]1CO[Si](C)(C)C(C)(C)C. The molecule has 27 heavy (non-hydrogen) atoms. The number of nitrogens with zero attached hydrogens (tertiary/aromatic N) is 1. The minimum absolute atomic E-state index is 0.0367. The highest BCUT2D eigenvalue weighted by atomic mass is 35.5. The first-order valence-electron chi connectivity index (χ1n) is 9.53. The van der Waals surface area contributed by atoms with Crippen LogP contribution in [-0.4, -0.2) is 49.3 Å². The molecule has 1 saturated heterocycles. The lowest BCUT2D eigenvalue weighted by Crippen LogP contribution is -2.49. The second-order valence-corrected chi connectivity index (χ2v) is 15.0. The van der Waals surface area contributed by atoms with Gasteiger partial charge in [-0.3, -0.25) is 4.79 Å². The number of amides is 2. The number of likely N-dealkylation sites (tertiary alicyclic amines) is 1. The molecule has 0 N–H and O–H groups in total. The zero-order valence-corrected chi connectivity index (χ0v) is 19.9. The fraction of sp³-hybridized carbons (Fsp3) is 0.800. The van der Waals surface area contributed by atoms with E-state index in [1.54, 1.807) is 20.8 Å². The molecule has 1 fully saturated rings. The number of carbonyl (C=O) groups excluding carboxylic acids is 2. The van der Waals surface area contributed by atoms with E-state index in [9.17, 15) is 9.59 Å². The molecule has 0 aliphatic carbocycles. The van der Waals surface area contributed by atoms with Crippen molar-refractivity contribution in [1.82, 2.24) is 4.90 Å². The number of imide groups is 1. The van der Waals surface area contributed by atoms with E-state index in [0.29, 0.717) is 18.9 Å². The summed E-state index contributed by atoms with van der Waals surface area (Å²) in [6.07, 6.45) is 0.233. The standard InChI is InChI=1S/C20H36ClNO4Si/c1-14(10-11-21)15-12-17(23)22(18(24)26-19(2,3)4)16(15)13-25-27(8,9)20(5,6)7/h15-16H,1,10-13H2,2-9H3/t15-,16-/m1/s1. The Balaban J connectivity index is 3.10. The molecule has 1 aliphatic rings. The molecule has 0 bridgehead atoms. The van der Waals surface area contributed by atoms with Gasteiger partial charge in [-0.1, -0.05) is 32.9 Å². The largest absolute Gasteiger partial charge is 0.443 e. The third-order valence-corrected chi connectivity index (χ3v) is 10.1. The smallest absolute Gasteiger partial charge is 0.417 e. The topological polar surface area (TPSA) is 55.8 Å². The number of hydrogen-bond acceptors (Lipinski definition) is 4. The quantitative estimate of drug-likeness (QED) is 0.332. The summed E-state index contributed by atoms with van der Waals surface area (Å²) in [7, 11) is -2.03. The molecule has 2 amide bonds. The lowest BCUT2D eigenvalue weighted by atomic mass is 9.91. The van der Waals surface area contributed by atoms with Crippen molar-refractivity contribution in [3.8, 4) is 0 Å². The first-order valence-corrected chi connectivity index (χ1v) is 13.0. The van der Waals surface area contributed by atoms with Crippen molar-refractivity contribution >= 4 is 31.9 Å². The van der Waals surface area contributed by atoms with Gasteiger partial charge < -0.3 is 9.16 Å². The first kappa shape index (κ1) is 24.2. The molecule has 1 heterocycles. The Labute approximate surface area is 170 Å². The van der Waals surface area contributed by atoms with Gasteiger partial charge in [0, 0.05) is 18.2 Å².